The minimum absolute atomic E-state index is 0.00689. The van der Waals surface area contributed by atoms with Gasteiger partial charge in [-0.05, 0) is 48.6 Å². The first kappa shape index (κ1) is 19.9. The smallest absolute Gasteiger partial charge is 0.229 e. The molecule has 1 N–H and O–H groups in total. The van der Waals surface area contributed by atoms with Crippen molar-refractivity contribution in [3.63, 3.8) is 0 Å². The van der Waals surface area contributed by atoms with Crippen molar-refractivity contribution in [2.75, 3.05) is 23.9 Å². The van der Waals surface area contributed by atoms with Crippen molar-refractivity contribution in [3.8, 4) is 5.75 Å². The fourth-order valence-corrected chi connectivity index (χ4v) is 3.77. The van der Waals surface area contributed by atoms with Gasteiger partial charge in [-0.2, -0.15) is 0 Å². The molecule has 0 spiro atoms. The molecule has 0 radical (unpaired) electrons. The minimum Gasteiger partial charge on any atom is -0.495 e. The lowest BCUT2D eigenvalue weighted by molar-refractivity contribution is -0.122. The van der Waals surface area contributed by atoms with Gasteiger partial charge in [0, 0.05) is 18.7 Å². The lowest BCUT2D eigenvalue weighted by Gasteiger charge is -2.24. The van der Waals surface area contributed by atoms with Gasteiger partial charge in [0.2, 0.25) is 11.8 Å². The number of para-hydroxylation sites is 1. The molecular formula is C23H28N2O3. The summed E-state index contributed by atoms with van der Waals surface area (Å²) < 4.78 is 5.34. The van der Waals surface area contributed by atoms with Crippen LogP contribution in [-0.4, -0.2) is 25.5 Å². The number of rotatable bonds is 5. The molecule has 0 aromatic heterocycles. The lowest BCUT2D eigenvalue weighted by Crippen LogP contribution is -2.29. The number of hydrogen-bond donors (Lipinski definition) is 1. The zero-order chi connectivity index (χ0) is 20.4. The average Bonchev–Trinajstić information content (AvgIpc) is 3.03. The van der Waals surface area contributed by atoms with Crippen molar-refractivity contribution in [2.45, 2.75) is 40.0 Å². The molecule has 2 aromatic carbocycles. The number of methoxy groups -OCH3 is 1. The zero-order valence-corrected chi connectivity index (χ0v) is 17.2. The monoisotopic (exact) mass is 380 g/mol. The van der Waals surface area contributed by atoms with Gasteiger partial charge < -0.3 is 15.0 Å². The third kappa shape index (κ3) is 3.88. The highest BCUT2D eigenvalue weighted by Crippen LogP contribution is 2.35. The van der Waals surface area contributed by atoms with E-state index in [2.05, 4.69) is 25.2 Å². The number of anilines is 2. The number of carbonyl (C=O) groups is 2. The second-order valence-electron chi connectivity index (χ2n) is 7.77. The largest absolute Gasteiger partial charge is 0.495 e. The Bertz CT molecular complexity index is 905. The zero-order valence-electron chi connectivity index (χ0n) is 17.2. The number of nitrogens with one attached hydrogen (secondary N) is 1. The Kier molecular flexibility index (Phi) is 5.73. The predicted molar refractivity (Wildman–Crippen MR) is 112 cm³/mol. The number of carbonyl (C=O) groups excluding carboxylic acids is 2. The van der Waals surface area contributed by atoms with E-state index in [1.54, 1.807) is 12.0 Å². The van der Waals surface area contributed by atoms with Gasteiger partial charge in [0.1, 0.15) is 5.75 Å². The van der Waals surface area contributed by atoms with Gasteiger partial charge in [-0.15, -0.1) is 0 Å². The van der Waals surface area contributed by atoms with Crippen molar-refractivity contribution < 1.29 is 14.3 Å². The third-order valence-corrected chi connectivity index (χ3v) is 5.27. The Labute approximate surface area is 166 Å². The highest BCUT2D eigenvalue weighted by atomic mass is 16.5. The van der Waals surface area contributed by atoms with Crippen LogP contribution in [0.1, 0.15) is 42.9 Å². The normalized spacial score (nSPS) is 16.6. The van der Waals surface area contributed by atoms with Gasteiger partial charge in [0.25, 0.3) is 0 Å². The summed E-state index contributed by atoms with van der Waals surface area (Å²) >= 11 is 0. The quantitative estimate of drug-likeness (QED) is 0.835. The molecular weight excluding hydrogens is 352 g/mol. The molecule has 0 aliphatic carbocycles. The van der Waals surface area contributed by atoms with E-state index in [9.17, 15) is 9.59 Å². The second-order valence-corrected chi connectivity index (χ2v) is 7.77. The van der Waals surface area contributed by atoms with E-state index < -0.39 is 5.92 Å². The van der Waals surface area contributed by atoms with E-state index in [4.69, 9.17) is 4.74 Å². The molecule has 5 nitrogen and oxygen atoms in total. The summed E-state index contributed by atoms with van der Waals surface area (Å²) in [5.74, 6) is 0.359. The molecule has 2 aromatic rings. The van der Waals surface area contributed by atoms with Crippen molar-refractivity contribution in [1.82, 2.24) is 0 Å². The number of hydrogen-bond acceptors (Lipinski definition) is 3. The summed E-state index contributed by atoms with van der Waals surface area (Å²) in [7, 11) is 1.58. The van der Waals surface area contributed by atoms with Crippen molar-refractivity contribution >= 4 is 23.2 Å². The van der Waals surface area contributed by atoms with Crippen LogP contribution in [0.4, 0.5) is 11.4 Å². The Balaban J connectivity index is 1.82. The molecule has 5 heteroatoms. The third-order valence-electron chi connectivity index (χ3n) is 5.27. The maximum atomic E-state index is 12.9. The molecule has 1 unspecified atom stereocenters. The molecule has 3 rings (SSSR count). The average molecular weight is 380 g/mol. The van der Waals surface area contributed by atoms with E-state index in [1.807, 2.05) is 44.2 Å². The highest BCUT2D eigenvalue weighted by Gasteiger charge is 2.37. The van der Waals surface area contributed by atoms with Crippen LogP contribution in [0.5, 0.6) is 5.75 Å². The summed E-state index contributed by atoms with van der Waals surface area (Å²) in [5.41, 5.74) is 4.81. The van der Waals surface area contributed by atoms with Crippen LogP contribution in [0.25, 0.3) is 0 Å². The van der Waals surface area contributed by atoms with Crippen LogP contribution >= 0.6 is 0 Å². The molecule has 28 heavy (non-hydrogen) atoms. The number of aryl methyl sites for hydroxylation is 2. The molecule has 1 aliphatic heterocycles. The fraction of sp³-hybridized carbons (Fsp3) is 0.391. The Morgan fingerprint density at radius 2 is 1.96 bits per heavy atom. The van der Waals surface area contributed by atoms with E-state index in [1.165, 1.54) is 0 Å². The fourth-order valence-electron chi connectivity index (χ4n) is 3.77. The Morgan fingerprint density at radius 1 is 1.21 bits per heavy atom. The maximum absolute atomic E-state index is 12.9. The standard InChI is InChI=1S/C23H28N2O3/c1-14(2)18-8-6-7-16(4)22(18)25-13-17(12-21(25)26)23(27)24-19-11-15(3)9-10-20(19)28-5/h6-11,14,17H,12-13H2,1-5H3,(H,24,27). The first-order valence-electron chi connectivity index (χ1n) is 9.67. The highest BCUT2D eigenvalue weighted by molar-refractivity contribution is 6.04. The van der Waals surface area contributed by atoms with Gasteiger partial charge >= 0.3 is 0 Å². The number of amides is 2. The van der Waals surface area contributed by atoms with Crippen molar-refractivity contribution in [1.29, 1.82) is 0 Å². The summed E-state index contributed by atoms with van der Waals surface area (Å²) in [6, 6.07) is 11.7. The van der Waals surface area contributed by atoms with E-state index in [-0.39, 0.29) is 18.2 Å². The molecule has 148 valence electrons. The van der Waals surface area contributed by atoms with Gasteiger partial charge in [-0.1, -0.05) is 38.1 Å². The van der Waals surface area contributed by atoms with Crippen molar-refractivity contribution in [2.24, 2.45) is 5.92 Å². The van der Waals surface area contributed by atoms with Gasteiger partial charge in [0.15, 0.2) is 0 Å². The molecule has 1 atom stereocenters. The van der Waals surface area contributed by atoms with E-state index >= 15 is 0 Å². The summed E-state index contributed by atoms with van der Waals surface area (Å²) in [5, 5.41) is 2.95. The molecule has 1 aliphatic rings. The summed E-state index contributed by atoms with van der Waals surface area (Å²) in [6.07, 6.45) is 0.214. The summed E-state index contributed by atoms with van der Waals surface area (Å²) in [4.78, 5) is 27.4. The van der Waals surface area contributed by atoms with Gasteiger partial charge in [0.05, 0.1) is 18.7 Å². The molecule has 1 fully saturated rings. The molecule has 1 saturated heterocycles. The van der Waals surface area contributed by atoms with Gasteiger partial charge in [-0.25, -0.2) is 0 Å². The lowest BCUT2D eigenvalue weighted by atomic mass is 9.97. The second kappa shape index (κ2) is 8.05. The van der Waals surface area contributed by atoms with Crippen LogP contribution in [0, 0.1) is 19.8 Å². The van der Waals surface area contributed by atoms with Crippen LogP contribution in [0.3, 0.4) is 0 Å². The van der Waals surface area contributed by atoms with Gasteiger partial charge in [-0.3, -0.25) is 9.59 Å². The molecule has 0 saturated carbocycles. The first-order chi connectivity index (χ1) is 13.3. The summed E-state index contributed by atoms with van der Waals surface area (Å²) in [6.45, 7) is 8.60. The first-order valence-corrected chi connectivity index (χ1v) is 9.67. The molecule has 1 heterocycles. The number of benzene rings is 2. The Hall–Kier alpha value is -2.82. The number of nitrogens with zero attached hydrogens (tertiary/aromatic N) is 1. The Morgan fingerprint density at radius 3 is 2.64 bits per heavy atom. The van der Waals surface area contributed by atoms with Crippen LogP contribution in [0.15, 0.2) is 36.4 Å². The van der Waals surface area contributed by atoms with E-state index in [0.717, 1.165) is 22.4 Å². The predicted octanol–water partition coefficient (Wildman–Crippen LogP) is 4.43. The topological polar surface area (TPSA) is 58.6 Å². The van der Waals surface area contributed by atoms with Crippen LogP contribution in [-0.2, 0) is 9.59 Å². The minimum atomic E-state index is -0.391. The maximum Gasteiger partial charge on any atom is 0.229 e. The van der Waals surface area contributed by atoms with E-state index in [0.29, 0.717) is 23.9 Å². The SMILES string of the molecule is COc1ccc(C)cc1NC(=O)C1CC(=O)N(c2c(C)cccc2C(C)C)C1. The van der Waals surface area contributed by atoms with Crippen molar-refractivity contribution in [3.05, 3.63) is 53.1 Å². The van der Waals surface area contributed by atoms with Crippen LogP contribution in [0.2, 0.25) is 0 Å². The number of ether oxygens (including phenoxy) is 1. The van der Waals surface area contributed by atoms with Crippen LogP contribution < -0.4 is 15.0 Å². The molecule has 2 amide bonds. The molecule has 0 bridgehead atoms.